The van der Waals surface area contributed by atoms with Crippen molar-refractivity contribution in [2.45, 2.75) is 18.3 Å². The highest BCUT2D eigenvalue weighted by Gasteiger charge is 2.36. The molecule has 1 amide bonds. The Morgan fingerprint density at radius 3 is 2.65 bits per heavy atom. The lowest BCUT2D eigenvalue weighted by Gasteiger charge is -2.30. The van der Waals surface area contributed by atoms with Crippen molar-refractivity contribution in [2.75, 3.05) is 25.4 Å². The first-order valence-corrected chi connectivity index (χ1v) is 10.8. The van der Waals surface area contributed by atoms with Crippen LogP contribution in [0.3, 0.4) is 0 Å². The van der Waals surface area contributed by atoms with E-state index in [2.05, 4.69) is 15.2 Å². The predicted molar refractivity (Wildman–Crippen MR) is 118 cm³/mol. The molecule has 0 aliphatic carbocycles. The van der Waals surface area contributed by atoms with Crippen LogP contribution in [0.25, 0.3) is 11.3 Å². The minimum atomic E-state index is -0.893. The summed E-state index contributed by atoms with van der Waals surface area (Å²) in [6, 6.07) is 10.5. The van der Waals surface area contributed by atoms with Crippen molar-refractivity contribution in [3.05, 3.63) is 47.0 Å². The molecule has 0 fully saturated rings. The number of nitrogens with zero attached hydrogens (tertiary/aromatic N) is 4. The number of benzene rings is 2. The Bertz CT molecular complexity index is 1160. The Morgan fingerprint density at radius 2 is 1.97 bits per heavy atom. The van der Waals surface area contributed by atoms with Crippen molar-refractivity contribution in [2.24, 2.45) is 0 Å². The smallest absolute Gasteiger partial charge is 0.247 e. The zero-order valence-corrected chi connectivity index (χ0v) is 18.8. The van der Waals surface area contributed by atoms with Crippen molar-refractivity contribution >= 4 is 35.0 Å². The van der Waals surface area contributed by atoms with Gasteiger partial charge in [-0.25, -0.2) is 0 Å². The van der Waals surface area contributed by atoms with Gasteiger partial charge in [0.25, 0.3) is 0 Å². The van der Waals surface area contributed by atoms with E-state index in [-0.39, 0.29) is 11.8 Å². The molecule has 10 heteroatoms. The molecule has 1 aromatic heterocycles. The van der Waals surface area contributed by atoms with E-state index in [1.165, 1.54) is 23.6 Å². The number of methoxy groups -OCH3 is 2. The first kappa shape index (κ1) is 21.2. The summed E-state index contributed by atoms with van der Waals surface area (Å²) in [7, 11) is 3.12. The van der Waals surface area contributed by atoms with Crippen LogP contribution in [-0.4, -0.2) is 41.6 Å². The van der Waals surface area contributed by atoms with E-state index in [4.69, 9.17) is 25.8 Å². The topological polar surface area (TPSA) is 86.7 Å². The van der Waals surface area contributed by atoms with Gasteiger partial charge in [0.15, 0.2) is 5.69 Å². The Hall–Kier alpha value is -3.04. The molecule has 8 nitrogen and oxygen atoms in total. The van der Waals surface area contributed by atoms with Crippen LogP contribution < -0.4 is 19.1 Å². The molecule has 0 unspecified atom stereocenters. The summed E-state index contributed by atoms with van der Waals surface area (Å²) in [6.07, 6.45) is 0.949. The molecule has 0 N–H and O–H groups in total. The Balaban J connectivity index is 2.02. The Morgan fingerprint density at radius 1 is 1.16 bits per heavy atom. The van der Waals surface area contributed by atoms with Gasteiger partial charge in [-0.1, -0.05) is 23.4 Å². The number of rotatable bonds is 4. The van der Waals surface area contributed by atoms with E-state index < -0.39 is 6.23 Å². The van der Waals surface area contributed by atoms with Gasteiger partial charge in [0.2, 0.25) is 23.2 Å². The van der Waals surface area contributed by atoms with Crippen molar-refractivity contribution in [1.82, 2.24) is 15.2 Å². The second-order valence-corrected chi connectivity index (χ2v) is 7.79. The number of hydrogen-bond donors (Lipinski definition) is 0. The first-order valence-electron chi connectivity index (χ1n) is 9.23. The second-order valence-electron chi connectivity index (χ2n) is 6.58. The maximum atomic E-state index is 12.9. The molecule has 3 aromatic rings. The zero-order valence-electron chi connectivity index (χ0n) is 17.2. The summed E-state index contributed by atoms with van der Waals surface area (Å²) in [4.78, 5) is 18.9. The average Bonchev–Trinajstić information content (AvgIpc) is 2.92. The van der Waals surface area contributed by atoms with Gasteiger partial charge in [0, 0.05) is 17.5 Å². The molecule has 1 aliphatic heterocycles. The minimum absolute atomic E-state index is 0.237. The molecule has 1 atom stereocenters. The summed E-state index contributed by atoms with van der Waals surface area (Å²) in [5.41, 5.74) is 2.15. The molecule has 2 aromatic carbocycles. The van der Waals surface area contributed by atoms with Crippen LogP contribution >= 0.6 is 23.4 Å². The number of ether oxygens (including phenoxy) is 3. The summed E-state index contributed by atoms with van der Waals surface area (Å²) in [6.45, 7) is 1.46. The lowest BCUT2D eigenvalue weighted by atomic mass is 10.1. The Labute approximate surface area is 188 Å². The molecule has 160 valence electrons. The van der Waals surface area contributed by atoms with Crippen molar-refractivity contribution in [3.8, 4) is 28.6 Å². The van der Waals surface area contributed by atoms with Crippen LogP contribution in [0, 0.1) is 0 Å². The van der Waals surface area contributed by atoms with Gasteiger partial charge in [-0.15, -0.1) is 10.2 Å². The molecule has 0 spiro atoms. The highest BCUT2D eigenvalue weighted by molar-refractivity contribution is 7.98. The van der Waals surface area contributed by atoms with Gasteiger partial charge in [-0.05, 0) is 42.7 Å². The van der Waals surface area contributed by atoms with Crippen molar-refractivity contribution in [1.29, 1.82) is 0 Å². The number of halogens is 1. The molecular formula is C21H19ClN4O4S. The fourth-order valence-electron chi connectivity index (χ4n) is 3.40. The number of hydrogen-bond acceptors (Lipinski definition) is 8. The fraction of sp³-hybridized carbons (Fsp3) is 0.238. The van der Waals surface area contributed by atoms with Crippen molar-refractivity contribution < 1.29 is 19.0 Å². The third kappa shape index (κ3) is 3.86. The fourth-order valence-corrected chi connectivity index (χ4v) is 3.87. The first-order chi connectivity index (χ1) is 15.0. The van der Waals surface area contributed by atoms with Crippen LogP contribution in [0.4, 0.5) is 5.69 Å². The van der Waals surface area contributed by atoms with Crippen LogP contribution in [0.5, 0.6) is 17.4 Å². The van der Waals surface area contributed by atoms with Gasteiger partial charge >= 0.3 is 0 Å². The van der Waals surface area contributed by atoms with Gasteiger partial charge in [0.1, 0.15) is 11.5 Å². The van der Waals surface area contributed by atoms with Gasteiger partial charge in [-0.3, -0.25) is 9.69 Å². The van der Waals surface area contributed by atoms with Gasteiger partial charge in [-0.2, -0.15) is 4.98 Å². The average molecular weight is 459 g/mol. The van der Waals surface area contributed by atoms with Crippen molar-refractivity contribution in [3.63, 3.8) is 0 Å². The number of carbonyl (C=O) groups excluding carboxylic acids is 1. The predicted octanol–water partition coefficient (Wildman–Crippen LogP) is 4.38. The summed E-state index contributed by atoms with van der Waals surface area (Å²) in [5, 5.41) is 9.39. The molecule has 2 heterocycles. The second kappa shape index (κ2) is 8.60. The minimum Gasteiger partial charge on any atom is -0.497 e. The normalized spacial score (nSPS) is 14.7. The third-order valence-corrected chi connectivity index (χ3v) is 5.56. The molecule has 1 aliphatic rings. The highest BCUT2D eigenvalue weighted by atomic mass is 35.5. The monoisotopic (exact) mass is 458 g/mol. The summed E-state index contributed by atoms with van der Waals surface area (Å²) >= 11 is 7.60. The molecule has 0 saturated carbocycles. The van der Waals surface area contributed by atoms with E-state index in [1.54, 1.807) is 50.6 Å². The molecule has 0 bridgehead atoms. The molecular weight excluding hydrogens is 440 g/mol. The summed E-state index contributed by atoms with van der Waals surface area (Å²) < 4.78 is 17.3. The lowest BCUT2D eigenvalue weighted by molar-refractivity contribution is -0.118. The van der Waals surface area contributed by atoms with Gasteiger partial charge in [0.05, 0.1) is 25.5 Å². The van der Waals surface area contributed by atoms with E-state index >= 15 is 0 Å². The van der Waals surface area contributed by atoms with E-state index in [0.29, 0.717) is 44.2 Å². The van der Waals surface area contributed by atoms with Gasteiger partial charge < -0.3 is 14.2 Å². The number of amides is 1. The largest absolute Gasteiger partial charge is 0.497 e. The van der Waals surface area contributed by atoms with Crippen LogP contribution in [0.1, 0.15) is 18.7 Å². The van der Waals surface area contributed by atoms with E-state index in [1.807, 2.05) is 6.26 Å². The number of aromatic nitrogens is 3. The zero-order chi connectivity index (χ0) is 22.1. The standard InChI is InChI=1S/C21H19ClN4O4S/c1-11(27)26-16-7-5-12(22)9-14(16)18-19(23-21(31-4)25-24-18)30-20(26)15-10-13(28-2)6-8-17(15)29-3/h5-10,20H,1-4H3/t20-/m1/s1. The third-order valence-electron chi connectivity index (χ3n) is 4.79. The number of fused-ring (bicyclic) bond motifs is 3. The number of anilines is 1. The maximum absolute atomic E-state index is 12.9. The van der Waals surface area contributed by atoms with E-state index in [0.717, 1.165) is 0 Å². The van der Waals surface area contributed by atoms with Crippen LogP contribution in [-0.2, 0) is 4.79 Å². The number of thioether (sulfide) groups is 1. The summed E-state index contributed by atoms with van der Waals surface area (Å²) in [5.74, 6) is 1.11. The van der Waals surface area contributed by atoms with Crippen LogP contribution in [0.15, 0.2) is 41.6 Å². The SMILES string of the molecule is COc1ccc(OC)c([C@H]2Oc3nc(SC)nnc3-c3cc(Cl)ccc3N2C(C)=O)c1. The molecule has 0 radical (unpaired) electrons. The molecule has 4 rings (SSSR count). The highest BCUT2D eigenvalue weighted by Crippen LogP contribution is 2.46. The molecule has 0 saturated heterocycles. The van der Waals surface area contributed by atoms with Crippen LogP contribution in [0.2, 0.25) is 5.02 Å². The number of carbonyl (C=O) groups is 1. The maximum Gasteiger partial charge on any atom is 0.247 e. The lowest BCUT2D eigenvalue weighted by Crippen LogP contribution is -2.36. The Kier molecular flexibility index (Phi) is 5.88. The quantitative estimate of drug-likeness (QED) is 0.532. The molecule has 31 heavy (non-hydrogen) atoms. The van der Waals surface area contributed by atoms with E-state index in [9.17, 15) is 4.79 Å².